The average Bonchev–Trinajstić information content (AvgIpc) is 3.39. The molecule has 55 heavy (non-hydrogen) atoms. The highest BCUT2D eigenvalue weighted by atomic mass is 16.4. The van der Waals surface area contributed by atoms with Crippen LogP contribution in [-0.4, -0.2) is 28.7 Å². The molecule has 2 N–H and O–H groups in total. The van der Waals surface area contributed by atoms with Crippen LogP contribution in [0.3, 0.4) is 0 Å². The minimum Gasteiger partial charge on any atom is -0.481 e. The maximum Gasteiger partial charge on any atom is 0.305 e. The molecule has 286 valence electrons. The molecule has 2 aliphatic rings. The summed E-state index contributed by atoms with van der Waals surface area (Å²) in [7, 11) is 0. The van der Waals surface area contributed by atoms with Gasteiger partial charge < -0.3 is 15.1 Å². The van der Waals surface area contributed by atoms with Gasteiger partial charge in [0.2, 0.25) is 0 Å². The molecule has 1 fully saturated rings. The standard InChI is InChI=1S/C50H57NO4/c1-8-29-48(6)43(51(32-28-45(54)55)42-25-23-38-17-12-14-19-41(38)47(42)48)20-10-9-15-30-50(33-39(36(50)5)24-26-44(52)53)49(7,31-27-34(2)3)46-35(4)21-22-37-16-11-13-18-40(37)46/h8-23,25,27,30,36,39H,1,24,26,28-29,31-33H2,2-7H3,(H,52,53)(H,54,55)/b10-9+,30-15+,43-20-. The van der Waals surface area contributed by atoms with E-state index in [0.717, 1.165) is 29.6 Å². The van der Waals surface area contributed by atoms with Crippen LogP contribution in [-0.2, 0) is 20.4 Å². The van der Waals surface area contributed by atoms with Crippen LogP contribution in [0.1, 0.15) is 89.8 Å². The summed E-state index contributed by atoms with van der Waals surface area (Å²) in [4.78, 5) is 25.8. The van der Waals surface area contributed by atoms with Gasteiger partial charge in [0.1, 0.15) is 0 Å². The van der Waals surface area contributed by atoms with E-state index in [1.807, 2.05) is 6.08 Å². The Labute approximate surface area is 327 Å². The summed E-state index contributed by atoms with van der Waals surface area (Å²) in [5, 5.41) is 24.2. The summed E-state index contributed by atoms with van der Waals surface area (Å²) in [5.74, 6) is -1.00. The molecule has 1 heterocycles. The van der Waals surface area contributed by atoms with Gasteiger partial charge >= 0.3 is 11.9 Å². The highest BCUT2D eigenvalue weighted by Crippen LogP contribution is 2.65. The third kappa shape index (κ3) is 7.22. The second-order valence-corrected chi connectivity index (χ2v) is 16.6. The smallest absolute Gasteiger partial charge is 0.305 e. The zero-order chi connectivity index (χ0) is 39.5. The van der Waals surface area contributed by atoms with Gasteiger partial charge in [-0.05, 0) is 116 Å². The zero-order valence-corrected chi connectivity index (χ0v) is 33.4. The van der Waals surface area contributed by atoms with E-state index in [-0.39, 0.29) is 29.6 Å². The molecule has 4 aromatic carbocycles. The fraction of sp³-hybridized carbons (Fsp3) is 0.360. The van der Waals surface area contributed by atoms with Crippen LogP contribution < -0.4 is 4.90 Å². The summed E-state index contributed by atoms with van der Waals surface area (Å²) < 4.78 is 0. The Morgan fingerprint density at radius 1 is 0.909 bits per heavy atom. The van der Waals surface area contributed by atoms with Gasteiger partial charge in [0.05, 0.1) is 6.42 Å². The lowest BCUT2D eigenvalue weighted by molar-refractivity contribution is -0.139. The Morgan fingerprint density at radius 3 is 2.22 bits per heavy atom. The van der Waals surface area contributed by atoms with Crippen molar-refractivity contribution >= 4 is 39.2 Å². The minimum absolute atomic E-state index is 0.0265. The normalized spacial score (nSPS) is 24.0. The lowest BCUT2D eigenvalue weighted by Crippen LogP contribution is -2.57. The topological polar surface area (TPSA) is 77.8 Å². The molecule has 0 aromatic heterocycles. The average molecular weight is 736 g/mol. The van der Waals surface area contributed by atoms with E-state index in [1.165, 1.54) is 38.4 Å². The lowest BCUT2D eigenvalue weighted by Gasteiger charge is -2.62. The fourth-order valence-corrected chi connectivity index (χ4v) is 10.2. The van der Waals surface area contributed by atoms with Gasteiger partial charge in [-0.25, -0.2) is 0 Å². The molecule has 5 heteroatoms. The van der Waals surface area contributed by atoms with Crippen LogP contribution in [0.5, 0.6) is 0 Å². The van der Waals surface area contributed by atoms with E-state index in [4.69, 9.17) is 0 Å². The Hall–Kier alpha value is -5.16. The van der Waals surface area contributed by atoms with E-state index >= 15 is 0 Å². The third-order valence-electron chi connectivity index (χ3n) is 13.1. The number of nitrogens with zero attached hydrogens (tertiary/aromatic N) is 1. The molecule has 0 radical (unpaired) electrons. The second kappa shape index (κ2) is 15.9. The molecule has 0 amide bonds. The summed E-state index contributed by atoms with van der Waals surface area (Å²) in [6.45, 7) is 18.1. The van der Waals surface area contributed by atoms with Crippen molar-refractivity contribution in [2.45, 2.75) is 90.9 Å². The second-order valence-electron chi connectivity index (χ2n) is 16.6. The molecule has 1 aliphatic heterocycles. The fourth-order valence-electron chi connectivity index (χ4n) is 10.2. The molecular weight excluding hydrogens is 679 g/mol. The number of carbonyl (C=O) groups is 2. The van der Waals surface area contributed by atoms with Gasteiger partial charge in [0.25, 0.3) is 0 Å². The van der Waals surface area contributed by atoms with Crippen molar-refractivity contribution in [1.82, 2.24) is 0 Å². The first-order chi connectivity index (χ1) is 26.3. The van der Waals surface area contributed by atoms with Gasteiger partial charge in [0, 0.05) is 40.6 Å². The number of fused-ring (bicyclic) bond motifs is 4. The molecule has 0 saturated heterocycles. The van der Waals surface area contributed by atoms with E-state index in [1.54, 1.807) is 0 Å². The quantitative estimate of drug-likeness (QED) is 0.0939. The maximum atomic E-state index is 11.9. The van der Waals surface area contributed by atoms with Crippen LogP contribution in [0.15, 0.2) is 133 Å². The molecule has 4 aromatic rings. The number of carboxylic acids is 2. The van der Waals surface area contributed by atoms with E-state index < -0.39 is 17.4 Å². The number of anilines is 1. The van der Waals surface area contributed by atoms with Crippen molar-refractivity contribution < 1.29 is 19.8 Å². The van der Waals surface area contributed by atoms with Gasteiger partial charge in [-0.3, -0.25) is 9.59 Å². The first-order valence-electron chi connectivity index (χ1n) is 19.8. The number of aryl methyl sites for hydroxylation is 1. The van der Waals surface area contributed by atoms with Crippen LogP contribution in [0.4, 0.5) is 5.69 Å². The maximum absolute atomic E-state index is 11.9. The third-order valence-corrected chi connectivity index (χ3v) is 13.1. The largest absolute Gasteiger partial charge is 0.481 e. The molecule has 1 saturated carbocycles. The molecule has 5 unspecified atom stereocenters. The predicted octanol–water partition coefficient (Wildman–Crippen LogP) is 12.2. The monoisotopic (exact) mass is 735 g/mol. The van der Waals surface area contributed by atoms with Crippen molar-refractivity contribution in [2.24, 2.45) is 17.3 Å². The highest BCUT2D eigenvalue weighted by molar-refractivity contribution is 5.95. The van der Waals surface area contributed by atoms with Gasteiger partial charge in [-0.2, -0.15) is 0 Å². The Bertz CT molecular complexity index is 2240. The van der Waals surface area contributed by atoms with Crippen molar-refractivity contribution in [3.05, 3.63) is 150 Å². The Morgan fingerprint density at radius 2 is 1.56 bits per heavy atom. The number of hydrogen-bond acceptors (Lipinski definition) is 3. The van der Waals surface area contributed by atoms with Crippen molar-refractivity contribution in [3.63, 3.8) is 0 Å². The summed E-state index contributed by atoms with van der Waals surface area (Å²) in [6, 6.07) is 25.9. The summed E-state index contributed by atoms with van der Waals surface area (Å²) in [6.07, 6.45) is 18.7. The first kappa shape index (κ1) is 39.5. The molecule has 0 spiro atoms. The molecule has 6 rings (SSSR count). The Kier molecular flexibility index (Phi) is 11.4. The van der Waals surface area contributed by atoms with Crippen LogP contribution in [0, 0.1) is 24.2 Å². The Balaban J connectivity index is 1.46. The van der Waals surface area contributed by atoms with Crippen LogP contribution in [0.25, 0.3) is 21.5 Å². The first-order valence-corrected chi connectivity index (χ1v) is 19.8. The number of carboxylic acid groups (broad SMARTS) is 2. The number of benzene rings is 4. The molecule has 5 nitrogen and oxygen atoms in total. The van der Waals surface area contributed by atoms with Crippen molar-refractivity contribution in [1.29, 1.82) is 0 Å². The van der Waals surface area contributed by atoms with Gasteiger partial charge in [-0.1, -0.05) is 123 Å². The number of rotatable bonds is 15. The van der Waals surface area contributed by atoms with E-state index in [2.05, 4.69) is 162 Å². The van der Waals surface area contributed by atoms with Crippen molar-refractivity contribution in [3.8, 4) is 0 Å². The van der Waals surface area contributed by atoms with Crippen LogP contribution in [0.2, 0.25) is 0 Å². The van der Waals surface area contributed by atoms with Crippen molar-refractivity contribution in [2.75, 3.05) is 11.4 Å². The zero-order valence-electron chi connectivity index (χ0n) is 33.4. The molecule has 1 aliphatic carbocycles. The lowest BCUT2D eigenvalue weighted by atomic mass is 9.41. The number of allylic oxidation sites excluding steroid dienone is 9. The van der Waals surface area contributed by atoms with Gasteiger partial charge in [-0.15, -0.1) is 6.58 Å². The molecular formula is C50H57NO4. The SMILES string of the molecule is C=CCC1(C)/C(=C/C=C/C=C/C2(C(C)(CC=C(C)C)c3c(C)ccc4ccccc34)CC(CCC(=O)O)C2C)N(CCC(=O)O)c2ccc3ccccc3c21. The van der Waals surface area contributed by atoms with Gasteiger partial charge in [0.15, 0.2) is 0 Å². The summed E-state index contributed by atoms with van der Waals surface area (Å²) >= 11 is 0. The molecule has 0 bridgehead atoms. The molecule has 5 atom stereocenters. The summed E-state index contributed by atoms with van der Waals surface area (Å²) in [5.41, 5.74) is 6.33. The van der Waals surface area contributed by atoms with E-state index in [9.17, 15) is 19.8 Å². The highest BCUT2D eigenvalue weighted by Gasteiger charge is 2.59. The number of aliphatic carboxylic acids is 2. The minimum atomic E-state index is -0.823. The predicted molar refractivity (Wildman–Crippen MR) is 229 cm³/mol. The van der Waals surface area contributed by atoms with Crippen LogP contribution >= 0.6 is 0 Å². The van der Waals surface area contributed by atoms with E-state index in [0.29, 0.717) is 25.3 Å². The number of hydrogen-bond donors (Lipinski definition) is 2.